The third kappa shape index (κ3) is 4.30. The van der Waals surface area contributed by atoms with Gasteiger partial charge in [0.05, 0.1) is 6.61 Å². The SMILES string of the molecule is CCCOc1cc2c(cc1CCCN1CCN(C)CC1)OCO2. The van der Waals surface area contributed by atoms with Crippen molar-refractivity contribution >= 4 is 0 Å². The fourth-order valence-corrected chi connectivity index (χ4v) is 3.07. The topological polar surface area (TPSA) is 34.2 Å². The van der Waals surface area contributed by atoms with Gasteiger partial charge in [0.25, 0.3) is 0 Å². The molecule has 0 bridgehead atoms. The molecule has 128 valence electrons. The standard InChI is InChI=1S/C18H28N2O3/c1-3-11-21-16-13-18-17(22-14-23-18)12-15(16)5-4-6-20-9-7-19(2)8-10-20/h12-13H,3-11,14H2,1-2H3. The van der Waals surface area contributed by atoms with Crippen molar-refractivity contribution in [2.45, 2.75) is 26.2 Å². The first kappa shape index (κ1) is 16.4. The average Bonchev–Trinajstić information content (AvgIpc) is 3.01. The molecule has 0 amide bonds. The van der Waals surface area contributed by atoms with E-state index < -0.39 is 0 Å². The van der Waals surface area contributed by atoms with E-state index in [-0.39, 0.29) is 0 Å². The van der Waals surface area contributed by atoms with Gasteiger partial charge in [-0.15, -0.1) is 0 Å². The predicted octanol–water partition coefficient (Wildman–Crippen LogP) is 2.38. The van der Waals surface area contributed by atoms with Crippen LogP contribution in [0.25, 0.3) is 0 Å². The van der Waals surface area contributed by atoms with E-state index in [1.165, 1.54) is 31.7 Å². The highest BCUT2D eigenvalue weighted by Crippen LogP contribution is 2.38. The summed E-state index contributed by atoms with van der Waals surface area (Å²) in [6.07, 6.45) is 3.17. The molecule has 1 saturated heterocycles. The molecule has 5 heteroatoms. The molecule has 23 heavy (non-hydrogen) atoms. The summed E-state index contributed by atoms with van der Waals surface area (Å²) in [5.41, 5.74) is 1.23. The van der Waals surface area contributed by atoms with Gasteiger partial charge in [0.2, 0.25) is 6.79 Å². The zero-order valence-corrected chi connectivity index (χ0v) is 14.3. The number of fused-ring (bicyclic) bond motifs is 1. The van der Waals surface area contributed by atoms with Crippen molar-refractivity contribution in [1.29, 1.82) is 0 Å². The molecule has 0 aromatic heterocycles. The van der Waals surface area contributed by atoms with Crippen LogP contribution in [0, 0.1) is 0 Å². The first-order valence-electron chi connectivity index (χ1n) is 8.72. The van der Waals surface area contributed by atoms with Crippen LogP contribution in [0.5, 0.6) is 17.2 Å². The number of nitrogens with zero attached hydrogens (tertiary/aromatic N) is 2. The first-order chi connectivity index (χ1) is 11.3. The largest absolute Gasteiger partial charge is 0.493 e. The summed E-state index contributed by atoms with van der Waals surface area (Å²) in [4.78, 5) is 4.95. The van der Waals surface area contributed by atoms with Gasteiger partial charge in [0, 0.05) is 32.2 Å². The van der Waals surface area contributed by atoms with E-state index in [9.17, 15) is 0 Å². The highest BCUT2D eigenvalue weighted by atomic mass is 16.7. The van der Waals surface area contributed by atoms with Crippen molar-refractivity contribution in [2.75, 3.05) is 53.2 Å². The van der Waals surface area contributed by atoms with Crippen LogP contribution in [0.2, 0.25) is 0 Å². The summed E-state index contributed by atoms with van der Waals surface area (Å²) in [5.74, 6) is 2.61. The van der Waals surface area contributed by atoms with E-state index in [2.05, 4.69) is 29.8 Å². The van der Waals surface area contributed by atoms with Gasteiger partial charge in [-0.2, -0.15) is 0 Å². The van der Waals surface area contributed by atoms with Gasteiger partial charge in [-0.1, -0.05) is 6.92 Å². The number of aryl methyl sites for hydroxylation is 1. The van der Waals surface area contributed by atoms with Crippen molar-refractivity contribution in [3.8, 4) is 17.2 Å². The molecule has 0 spiro atoms. The lowest BCUT2D eigenvalue weighted by Gasteiger charge is -2.32. The number of benzene rings is 1. The molecule has 0 unspecified atom stereocenters. The molecule has 5 nitrogen and oxygen atoms in total. The predicted molar refractivity (Wildman–Crippen MR) is 90.6 cm³/mol. The monoisotopic (exact) mass is 320 g/mol. The van der Waals surface area contributed by atoms with Gasteiger partial charge in [-0.05, 0) is 44.5 Å². The summed E-state index contributed by atoms with van der Waals surface area (Å²) in [6, 6.07) is 4.08. The van der Waals surface area contributed by atoms with E-state index in [1.807, 2.05) is 6.07 Å². The molecule has 3 rings (SSSR count). The normalized spacial score (nSPS) is 18.3. The summed E-state index contributed by atoms with van der Waals surface area (Å²) in [5, 5.41) is 0. The highest BCUT2D eigenvalue weighted by molar-refractivity contribution is 5.51. The van der Waals surface area contributed by atoms with E-state index in [0.717, 1.165) is 49.7 Å². The molecule has 2 aliphatic rings. The summed E-state index contributed by atoms with van der Waals surface area (Å²) in [7, 11) is 2.20. The maximum atomic E-state index is 5.91. The van der Waals surface area contributed by atoms with E-state index in [1.54, 1.807) is 0 Å². The van der Waals surface area contributed by atoms with Crippen LogP contribution in [0.3, 0.4) is 0 Å². The lowest BCUT2D eigenvalue weighted by Crippen LogP contribution is -2.44. The Labute approximate surface area is 139 Å². The molecule has 0 N–H and O–H groups in total. The molecule has 1 aromatic carbocycles. The van der Waals surface area contributed by atoms with Gasteiger partial charge in [-0.3, -0.25) is 0 Å². The van der Waals surface area contributed by atoms with Crippen LogP contribution in [-0.2, 0) is 6.42 Å². The zero-order chi connectivity index (χ0) is 16.1. The van der Waals surface area contributed by atoms with Crippen molar-refractivity contribution in [1.82, 2.24) is 9.80 Å². The summed E-state index contributed by atoms with van der Waals surface area (Å²) in [6.45, 7) is 9.03. The number of rotatable bonds is 7. The quantitative estimate of drug-likeness (QED) is 0.770. The molecule has 0 radical (unpaired) electrons. The van der Waals surface area contributed by atoms with Crippen LogP contribution in [0.15, 0.2) is 12.1 Å². The number of piperazine rings is 1. The zero-order valence-electron chi connectivity index (χ0n) is 14.3. The number of ether oxygens (including phenoxy) is 3. The number of hydrogen-bond acceptors (Lipinski definition) is 5. The molecule has 0 saturated carbocycles. The van der Waals surface area contributed by atoms with Gasteiger partial charge in [-0.25, -0.2) is 0 Å². The Balaban J connectivity index is 1.57. The smallest absolute Gasteiger partial charge is 0.231 e. The minimum absolute atomic E-state index is 0.313. The minimum atomic E-state index is 0.313. The number of likely N-dealkylation sites (N-methyl/N-ethyl adjacent to an activating group) is 1. The van der Waals surface area contributed by atoms with E-state index in [0.29, 0.717) is 6.79 Å². The van der Waals surface area contributed by atoms with E-state index >= 15 is 0 Å². The molecule has 0 aliphatic carbocycles. The molecule has 2 heterocycles. The van der Waals surface area contributed by atoms with Gasteiger partial charge in [0.15, 0.2) is 11.5 Å². The Kier molecular flexibility index (Phi) is 5.62. The maximum absolute atomic E-state index is 5.91. The van der Waals surface area contributed by atoms with Crippen LogP contribution in [0.4, 0.5) is 0 Å². The van der Waals surface area contributed by atoms with Crippen LogP contribution >= 0.6 is 0 Å². The van der Waals surface area contributed by atoms with Gasteiger partial charge in [0.1, 0.15) is 5.75 Å². The maximum Gasteiger partial charge on any atom is 0.231 e. The minimum Gasteiger partial charge on any atom is -0.493 e. The Bertz CT molecular complexity index is 513. The second-order valence-corrected chi connectivity index (χ2v) is 6.41. The average molecular weight is 320 g/mol. The Morgan fingerprint density at radius 3 is 2.57 bits per heavy atom. The van der Waals surface area contributed by atoms with Crippen molar-refractivity contribution in [2.24, 2.45) is 0 Å². The van der Waals surface area contributed by atoms with Crippen molar-refractivity contribution in [3.63, 3.8) is 0 Å². The summed E-state index contributed by atoms with van der Waals surface area (Å²) < 4.78 is 16.9. The van der Waals surface area contributed by atoms with Gasteiger partial charge >= 0.3 is 0 Å². The Hall–Kier alpha value is -1.46. The number of hydrogen-bond donors (Lipinski definition) is 0. The molecular weight excluding hydrogens is 292 g/mol. The Morgan fingerprint density at radius 2 is 1.83 bits per heavy atom. The van der Waals surface area contributed by atoms with Crippen molar-refractivity contribution in [3.05, 3.63) is 17.7 Å². The fraction of sp³-hybridized carbons (Fsp3) is 0.667. The van der Waals surface area contributed by atoms with Crippen LogP contribution < -0.4 is 14.2 Å². The lowest BCUT2D eigenvalue weighted by atomic mass is 10.1. The fourth-order valence-electron chi connectivity index (χ4n) is 3.07. The lowest BCUT2D eigenvalue weighted by molar-refractivity contribution is 0.153. The molecular formula is C18H28N2O3. The third-order valence-corrected chi connectivity index (χ3v) is 4.53. The van der Waals surface area contributed by atoms with E-state index in [4.69, 9.17) is 14.2 Å². The van der Waals surface area contributed by atoms with Crippen molar-refractivity contribution < 1.29 is 14.2 Å². The Morgan fingerprint density at radius 1 is 1.09 bits per heavy atom. The molecule has 0 atom stereocenters. The van der Waals surface area contributed by atoms with Crippen LogP contribution in [0.1, 0.15) is 25.3 Å². The van der Waals surface area contributed by atoms with Gasteiger partial charge < -0.3 is 24.0 Å². The first-order valence-corrected chi connectivity index (χ1v) is 8.72. The van der Waals surface area contributed by atoms with Crippen LogP contribution in [-0.4, -0.2) is 63.0 Å². The second kappa shape index (κ2) is 7.88. The highest BCUT2D eigenvalue weighted by Gasteiger charge is 2.19. The molecule has 1 fully saturated rings. The summed E-state index contributed by atoms with van der Waals surface area (Å²) >= 11 is 0. The third-order valence-electron chi connectivity index (χ3n) is 4.53. The molecule has 1 aromatic rings. The molecule has 2 aliphatic heterocycles. The second-order valence-electron chi connectivity index (χ2n) is 6.41.